The van der Waals surface area contributed by atoms with Gasteiger partial charge >= 0.3 is 0 Å². The van der Waals surface area contributed by atoms with Crippen LogP contribution in [0.4, 0.5) is 0 Å². The Morgan fingerprint density at radius 1 is 1.36 bits per heavy atom. The van der Waals surface area contributed by atoms with Crippen LogP contribution in [0.5, 0.6) is 0 Å². The summed E-state index contributed by atoms with van der Waals surface area (Å²) in [5.74, 6) is 0. The van der Waals surface area contributed by atoms with Gasteiger partial charge in [-0.15, -0.1) is 0 Å². The van der Waals surface area contributed by atoms with E-state index in [0.29, 0.717) is 6.04 Å². The highest BCUT2D eigenvalue weighted by Gasteiger charge is 2.27. The van der Waals surface area contributed by atoms with Crippen molar-refractivity contribution >= 4 is 0 Å². The van der Waals surface area contributed by atoms with E-state index in [0.717, 1.165) is 19.6 Å². The maximum Gasteiger partial charge on any atom is 0.0381 e. The zero-order chi connectivity index (χ0) is 8.27. The molecule has 0 aromatic rings. The molecule has 0 amide bonds. The summed E-state index contributed by atoms with van der Waals surface area (Å²) in [7, 11) is 0. The minimum atomic E-state index is 0.597. The normalized spacial score (nSPS) is 28.1. The van der Waals surface area contributed by atoms with E-state index in [-0.39, 0.29) is 0 Å². The van der Waals surface area contributed by atoms with Crippen LogP contribution in [-0.4, -0.2) is 42.2 Å². The van der Waals surface area contributed by atoms with Crippen LogP contribution in [0, 0.1) is 0 Å². The van der Waals surface area contributed by atoms with Crippen molar-refractivity contribution in [1.29, 1.82) is 0 Å². The van der Waals surface area contributed by atoms with Crippen LogP contribution in [-0.2, 0) is 0 Å². The summed E-state index contributed by atoms with van der Waals surface area (Å²) < 4.78 is 0. The molecule has 66 valence electrons. The molecule has 1 heterocycles. The Bertz CT molecular complexity index is 104. The molecule has 3 heteroatoms. The maximum absolute atomic E-state index is 5.65. The molecular formula is C8H19N3. The zero-order valence-electron chi connectivity index (χ0n) is 7.58. The molecule has 2 N–H and O–H groups in total. The van der Waals surface area contributed by atoms with Gasteiger partial charge in [-0.1, -0.05) is 13.8 Å². The van der Waals surface area contributed by atoms with Crippen LogP contribution in [0.3, 0.4) is 0 Å². The van der Waals surface area contributed by atoms with Crippen molar-refractivity contribution < 1.29 is 0 Å². The first-order valence-corrected chi connectivity index (χ1v) is 4.55. The molecule has 0 aromatic heterocycles. The third-order valence-electron chi connectivity index (χ3n) is 2.47. The number of hydrogen-bond donors (Lipinski definition) is 1. The van der Waals surface area contributed by atoms with Gasteiger partial charge in [0.15, 0.2) is 0 Å². The van der Waals surface area contributed by atoms with Crippen molar-refractivity contribution in [2.45, 2.75) is 26.3 Å². The molecule has 0 radical (unpaired) electrons. The summed E-state index contributed by atoms with van der Waals surface area (Å²) in [6.07, 6.45) is 1.23. The van der Waals surface area contributed by atoms with Gasteiger partial charge in [-0.2, -0.15) is 0 Å². The third kappa shape index (κ3) is 1.72. The van der Waals surface area contributed by atoms with Crippen LogP contribution >= 0.6 is 0 Å². The van der Waals surface area contributed by atoms with E-state index < -0.39 is 0 Å². The van der Waals surface area contributed by atoms with E-state index in [1.807, 2.05) is 0 Å². The number of nitrogens with two attached hydrogens (primary N) is 1. The molecule has 1 fully saturated rings. The predicted octanol–water partition coefficient (Wildman–Crippen LogP) is 0.276. The molecule has 1 atom stereocenters. The molecule has 0 aliphatic carbocycles. The van der Waals surface area contributed by atoms with Gasteiger partial charge in [0.2, 0.25) is 0 Å². The lowest BCUT2D eigenvalue weighted by molar-refractivity contribution is 0.00954. The average molecular weight is 157 g/mol. The molecule has 11 heavy (non-hydrogen) atoms. The van der Waals surface area contributed by atoms with Crippen molar-refractivity contribution in [3.8, 4) is 0 Å². The third-order valence-corrected chi connectivity index (χ3v) is 2.47. The SMILES string of the molecule is CCN1CC[C@H](CN)N1CC. The highest BCUT2D eigenvalue weighted by Crippen LogP contribution is 2.15. The first-order chi connectivity index (χ1) is 5.33. The summed E-state index contributed by atoms with van der Waals surface area (Å²) in [5, 5.41) is 4.78. The lowest BCUT2D eigenvalue weighted by Gasteiger charge is -2.29. The molecule has 3 nitrogen and oxygen atoms in total. The van der Waals surface area contributed by atoms with Gasteiger partial charge in [0.05, 0.1) is 0 Å². The maximum atomic E-state index is 5.65. The number of hydrazine groups is 1. The van der Waals surface area contributed by atoms with E-state index in [4.69, 9.17) is 5.73 Å². The molecule has 1 rings (SSSR count). The van der Waals surface area contributed by atoms with Crippen LogP contribution in [0.25, 0.3) is 0 Å². The minimum absolute atomic E-state index is 0.597. The molecule has 0 bridgehead atoms. The molecule has 0 unspecified atom stereocenters. The summed E-state index contributed by atoms with van der Waals surface area (Å²) in [6.45, 7) is 8.58. The second-order valence-electron chi connectivity index (χ2n) is 2.98. The average Bonchev–Trinajstić information content (AvgIpc) is 2.45. The first kappa shape index (κ1) is 8.97. The Morgan fingerprint density at radius 3 is 2.55 bits per heavy atom. The molecular weight excluding hydrogens is 138 g/mol. The Kier molecular flexibility index (Phi) is 3.30. The van der Waals surface area contributed by atoms with E-state index in [9.17, 15) is 0 Å². The van der Waals surface area contributed by atoms with Crippen LogP contribution in [0.2, 0.25) is 0 Å². The molecule has 0 aromatic carbocycles. The van der Waals surface area contributed by atoms with E-state index in [1.165, 1.54) is 13.0 Å². The monoisotopic (exact) mass is 157 g/mol. The summed E-state index contributed by atoms with van der Waals surface area (Å²) in [5.41, 5.74) is 5.65. The molecule has 0 saturated carbocycles. The van der Waals surface area contributed by atoms with Gasteiger partial charge in [0.1, 0.15) is 0 Å². The number of rotatable bonds is 3. The van der Waals surface area contributed by atoms with Gasteiger partial charge in [0.25, 0.3) is 0 Å². The van der Waals surface area contributed by atoms with Crippen molar-refractivity contribution in [2.75, 3.05) is 26.2 Å². The number of nitrogens with zero attached hydrogens (tertiary/aromatic N) is 2. The number of hydrogen-bond acceptors (Lipinski definition) is 3. The highest BCUT2D eigenvalue weighted by atomic mass is 15.7. The fraction of sp³-hybridized carbons (Fsp3) is 1.00. The van der Waals surface area contributed by atoms with Crippen LogP contribution in [0.1, 0.15) is 20.3 Å². The predicted molar refractivity (Wildman–Crippen MR) is 47.1 cm³/mol. The Labute approximate surface area is 69.1 Å². The second kappa shape index (κ2) is 4.04. The van der Waals surface area contributed by atoms with E-state index in [1.54, 1.807) is 0 Å². The Hall–Kier alpha value is -0.120. The molecule has 1 aliphatic heterocycles. The first-order valence-electron chi connectivity index (χ1n) is 4.55. The van der Waals surface area contributed by atoms with Gasteiger partial charge in [-0.25, -0.2) is 10.0 Å². The minimum Gasteiger partial charge on any atom is -0.329 e. The second-order valence-corrected chi connectivity index (χ2v) is 2.98. The fourth-order valence-electron chi connectivity index (χ4n) is 1.84. The standard InChI is InChI=1S/C8H19N3/c1-3-10-6-5-8(7-9)11(10)4-2/h8H,3-7,9H2,1-2H3/t8-/m1/s1. The van der Waals surface area contributed by atoms with Crippen molar-refractivity contribution in [1.82, 2.24) is 10.0 Å². The molecule has 0 spiro atoms. The number of likely N-dealkylation sites (N-methyl/N-ethyl adjacent to an activating group) is 1. The summed E-state index contributed by atoms with van der Waals surface area (Å²) in [6, 6.07) is 0.597. The Balaban J connectivity index is 2.48. The lowest BCUT2D eigenvalue weighted by Crippen LogP contribution is -2.43. The van der Waals surface area contributed by atoms with E-state index in [2.05, 4.69) is 23.9 Å². The lowest BCUT2D eigenvalue weighted by atomic mass is 10.2. The van der Waals surface area contributed by atoms with Crippen molar-refractivity contribution in [3.05, 3.63) is 0 Å². The summed E-state index contributed by atoms with van der Waals surface area (Å²) >= 11 is 0. The van der Waals surface area contributed by atoms with Gasteiger partial charge in [-0.3, -0.25) is 0 Å². The van der Waals surface area contributed by atoms with Crippen molar-refractivity contribution in [3.63, 3.8) is 0 Å². The van der Waals surface area contributed by atoms with Gasteiger partial charge in [-0.05, 0) is 6.42 Å². The highest BCUT2D eigenvalue weighted by molar-refractivity contribution is 4.77. The molecule has 1 saturated heterocycles. The summed E-state index contributed by atoms with van der Waals surface area (Å²) in [4.78, 5) is 0. The van der Waals surface area contributed by atoms with Crippen LogP contribution < -0.4 is 5.73 Å². The smallest absolute Gasteiger partial charge is 0.0381 e. The van der Waals surface area contributed by atoms with Crippen molar-refractivity contribution in [2.24, 2.45) is 5.73 Å². The molecule has 1 aliphatic rings. The van der Waals surface area contributed by atoms with Crippen LogP contribution in [0.15, 0.2) is 0 Å². The van der Waals surface area contributed by atoms with Gasteiger partial charge < -0.3 is 5.73 Å². The largest absolute Gasteiger partial charge is 0.329 e. The fourth-order valence-corrected chi connectivity index (χ4v) is 1.84. The topological polar surface area (TPSA) is 32.5 Å². The zero-order valence-corrected chi connectivity index (χ0v) is 7.58. The van der Waals surface area contributed by atoms with Gasteiger partial charge in [0, 0.05) is 32.2 Å². The quantitative estimate of drug-likeness (QED) is 0.638. The Morgan fingerprint density at radius 2 is 2.09 bits per heavy atom. The van der Waals surface area contributed by atoms with E-state index >= 15 is 0 Å².